The smallest absolute Gasteiger partial charge is 0.220 e. The summed E-state index contributed by atoms with van der Waals surface area (Å²) in [4.78, 5) is 19.8. The average molecular weight is 438 g/mol. The monoisotopic (exact) mass is 437 g/mol. The fourth-order valence-electron chi connectivity index (χ4n) is 5.86. The van der Waals surface area contributed by atoms with Crippen molar-refractivity contribution >= 4 is 11.6 Å². The molecule has 5 rings (SSSR count). The zero-order valence-corrected chi connectivity index (χ0v) is 19.9. The van der Waals surface area contributed by atoms with Crippen LogP contribution in [0.4, 0.5) is 0 Å². The Kier molecular flexibility index (Phi) is 6.49. The van der Waals surface area contributed by atoms with Gasteiger partial charge in [0.1, 0.15) is 0 Å². The van der Waals surface area contributed by atoms with Crippen LogP contribution >= 0.6 is 0 Å². The van der Waals surface area contributed by atoms with Crippen LogP contribution in [-0.4, -0.2) is 45.0 Å². The van der Waals surface area contributed by atoms with Gasteiger partial charge in [-0.25, -0.2) is 9.50 Å². The quantitative estimate of drug-likeness (QED) is 0.659. The lowest BCUT2D eigenvalue weighted by atomic mass is 9.89. The molecule has 3 aliphatic rings. The van der Waals surface area contributed by atoms with Crippen molar-refractivity contribution in [1.29, 1.82) is 0 Å². The molecule has 0 spiro atoms. The molecule has 3 heterocycles. The third-order valence-electron chi connectivity index (χ3n) is 7.99. The van der Waals surface area contributed by atoms with Crippen molar-refractivity contribution in [2.24, 2.45) is 11.8 Å². The van der Waals surface area contributed by atoms with Crippen LogP contribution in [0.1, 0.15) is 92.9 Å². The van der Waals surface area contributed by atoms with Gasteiger partial charge >= 0.3 is 0 Å². The second-order valence-electron chi connectivity index (χ2n) is 10.5. The third-order valence-corrected chi connectivity index (χ3v) is 7.99. The van der Waals surface area contributed by atoms with E-state index in [1.807, 2.05) is 4.52 Å². The topological polar surface area (TPSA) is 62.5 Å². The first-order valence-corrected chi connectivity index (χ1v) is 12.9. The summed E-state index contributed by atoms with van der Waals surface area (Å²) < 4.78 is 2.02. The molecule has 0 aromatic carbocycles. The van der Waals surface area contributed by atoms with Crippen LogP contribution in [0.3, 0.4) is 0 Å². The Morgan fingerprint density at radius 3 is 2.66 bits per heavy atom. The van der Waals surface area contributed by atoms with Crippen LogP contribution < -0.4 is 5.32 Å². The Morgan fingerprint density at radius 1 is 1.06 bits per heavy atom. The van der Waals surface area contributed by atoms with Crippen LogP contribution in [0.2, 0.25) is 0 Å². The van der Waals surface area contributed by atoms with E-state index in [0.29, 0.717) is 12.5 Å². The highest BCUT2D eigenvalue weighted by Crippen LogP contribution is 2.35. The van der Waals surface area contributed by atoms with Crippen molar-refractivity contribution in [2.75, 3.05) is 19.6 Å². The summed E-state index contributed by atoms with van der Waals surface area (Å²) in [5.41, 5.74) is 5.45. The molecule has 32 heavy (non-hydrogen) atoms. The number of nitrogens with zero attached hydrogens (tertiary/aromatic N) is 4. The van der Waals surface area contributed by atoms with Crippen molar-refractivity contribution in [3.05, 3.63) is 28.7 Å². The van der Waals surface area contributed by atoms with Gasteiger partial charge in [0.05, 0.1) is 11.7 Å². The lowest BCUT2D eigenvalue weighted by Crippen LogP contribution is -2.30. The highest BCUT2D eigenvalue weighted by molar-refractivity contribution is 5.76. The zero-order chi connectivity index (χ0) is 22.1. The molecule has 3 fully saturated rings. The van der Waals surface area contributed by atoms with Gasteiger partial charge in [-0.3, -0.25) is 9.69 Å². The summed E-state index contributed by atoms with van der Waals surface area (Å²) in [6, 6.07) is 2.63. The zero-order valence-electron chi connectivity index (χ0n) is 19.9. The fourth-order valence-corrected chi connectivity index (χ4v) is 5.86. The van der Waals surface area contributed by atoms with Crippen molar-refractivity contribution in [1.82, 2.24) is 24.8 Å². The lowest BCUT2D eigenvalue weighted by Gasteiger charge is -2.30. The largest absolute Gasteiger partial charge is 0.356 e. The Morgan fingerprint density at radius 2 is 1.88 bits per heavy atom. The molecule has 1 aliphatic heterocycles. The number of likely N-dealkylation sites (tertiary alicyclic amines) is 1. The minimum Gasteiger partial charge on any atom is -0.356 e. The molecule has 0 bridgehead atoms. The van der Waals surface area contributed by atoms with Crippen LogP contribution in [0.15, 0.2) is 6.07 Å². The summed E-state index contributed by atoms with van der Waals surface area (Å²) in [6.45, 7) is 7.47. The first-order chi connectivity index (χ1) is 15.6. The van der Waals surface area contributed by atoms with Crippen LogP contribution in [0, 0.1) is 25.7 Å². The third kappa shape index (κ3) is 4.85. The summed E-state index contributed by atoms with van der Waals surface area (Å²) in [7, 11) is 0. The molecule has 1 amide bonds. The van der Waals surface area contributed by atoms with Gasteiger partial charge in [0.15, 0.2) is 5.65 Å². The molecule has 6 heteroatoms. The van der Waals surface area contributed by atoms with Crippen molar-refractivity contribution in [2.45, 2.75) is 90.5 Å². The standard InChI is InChI=1S/C26H39N5O/c1-18-22(12-13-26(32)27-16-20-10-11-20)19(2)31-25(28-18)15-23(29-31)24-9-6-14-30(24)17-21-7-4-3-5-8-21/h15,20-21,24H,3-14,16-17H2,1-2H3,(H,27,32)/t24-/m0/s1. The normalized spacial score (nSPS) is 22.6. The predicted molar refractivity (Wildman–Crippen MR) is 127 cm³/mol. The number of aromatic nitrogens is 3. The second-order valence-corrected chi connectivity index (χ2v) is 10.5. The molecule has 1 atom stereocenters. The molecule has 2 saturated carbocycles. The minimum absolute atomic E-state index is 0.154. The summed E-state index contributed by atoms with van der Waals surface area (Å²) in [5, 5.41) is 8.13. The van der Waals surface area contributed by atoms with Crippen LogP contribution in [0.5, 0.6) is 0 Å². The Labute approximate surface area is 192 Å². The Balaban J connectivity index is 1.29. The molecular formula is C26H39N5O. The maximum absolute atomic E-state index is 12.3. The first-order valence-electron chi connectivity index (χ1n) is 12.9. The van der Waals surface area contributed by atoms with E-state index in [4.69, 9.17) is 10.1 Å². The highest BCUT2D eigenvalue weighted by Gasteiger charge is 2.31. The number of hydrogen-bond acceptors (Lipinski definition) is 4. The van der Waals surface area contributed by atoms with E-state index in [1.54, 1.807) is 0 Å². The van der Waals surface area contributed by atoms with Crippen LogP contribution in [0.25, 0.3) is 5.65 Å². The van der Waals surface area contributed by atoms with Gasteiger partial charge in [0.25, 0.3) is 0 Å². The fraction of sp³-hybridized carbons (Fsp3) is 0.731. The number of nitrogens with one attached hydrogen (secondary N) is 1. The molecule has 2 aliphatic carbocycles. The second kappa shape index (κ2) is 9.50. The molecule has 0 unspecified atom stereocenters. The number of amides is 1. The summed E-state index contributed by atoms with van der Waals surface area (Å²) in [5.74, 6) is 1.73. The van der Waals surface area contributed by atoms with Gasteiger partial charge in [-0.2, -0.15) is 5.10 Å². The van der Waals surface area contributed by atoms with Gasteiger partial charge in [-0.15, -0.1) is 0 Å². The summed E-state index contributed by atoms with van der Waals surface area (Å²) >= 11 is 0. The van der Waals surface area contributed by atoms with E-state index in [0.717, 1.165) is 41.8 Å². The van der Waals surface area contributed by atoms with E-state index in [1.165, 1.54) is 82.1 Å². The van der Waals surface area contributed by atoms with E-state index in [9.17, 15) is 4.79 Å². The number of hydrogen-bond donors (Lipinski definition) is 1. The van der Waals surface area contributed by atoms with Crippen molar-refractivity contribution < 1.29 is 4.79 Å². The molecular weight excluding hydrogens is 398 g/mol. The van der Waals surface area contributed by atoms with E-state index < -0.39 is 0 Å². The molecule has 1 N–H and O–H groups in total. The number of carbonyl (C=O) groups excluding carboxylic acids is 1. The molecule has 0 radical (unpaired) electrons. The molecule has 1 saturated heterocycles. The molecule has 2 aromatic rings. The van der Waals surface area contributed by atoms with Crippen LogP contribution in [-0.2, 0) is 11.2 Å². The van der Waals surface area contributed by atoms with Gasteiger partial charge in [-0.1, -0.05) is 19.3 Å². The van der Waals surface area contributed by atoms with Gasteiger partial charge in [-0.05, 0) is 82.7 Å². The average Bonchev–Trinajstić information content (AvgIpc) is 3.35. The first kappa shape index (κ1) is 21.9. The lowest BCUT2D eigenvalue weighted by molar-refractivity contribution is -0.121. The Hall–Kier alpha value is -1.95. The SMILES string of the molecule is Cc1nc2cc([C@@H]3CCCN3CC3CCCCC3)nn2c(C)c1CCC(=O)NCC1CC1. The summed E-state index contributed by atoms with van der Waals surface area (Å²) in [6.07, 6.45) is 13.2. The van der Waals surface area contributed by atoms with Crippen molar-refractivity contribution in [3.8, 4) is 0 Å². The Bertz CT molecular complexity index is 957. The maximum Gasteiger partial charge on any atom is 0.220 e. The number of carbonyl (C=O) groups is 1. The molecule has 6 nitrogen and oxygen atoms in total. The number of rotatable bonds is 8. The van der Waals surface area contributed by atoms with E-state index in [2.05, 4.69) is 30.1 Å². The minimum atomic E-state index is 0.154. The molecule has 2 aromatic heterocycles. The highest BCUT2D eigenvalue weighted by atomic mass is 16.1. The van der Waals surface area contributed by atoms with Gasteiger partial charge in [0, 0.05) is 37.0 Å². The predicted octanol–water partition coefficient (Wildman–Crippen LogP) is 4.52. The van der Waals surface area contributed by atoms with Gasteiger partial charge in [0.2, 0.25) is 5.91 Å². The number of aryl methyl sites for hydroxylation is 2. The van der Waals surface area contributed by atoms with E-state index >= 15 is 0 Å². The maximum atomic E-state index is 12.3. The number of fused-ring (bicyclic) bond motifs is 1. The molecule has 174 valence electrons. The van der Waals surface area contributed by atoms with E-state index in [-0.39, 0.29) is 5.91 Å². The van der Waals surface area contributed by atoms with Crippen molar-refractivity contribution in [3.63, 3.8) is 0 Å². The van der Waals surface area contributed by atoms with Gasteiger partial charge < -0.3 is 5.32 Å².